The fourth-order valence-corrected chi connectivity index (χ4v) is 1.95. The van der Waals surface area contributed by atoms with Crippen molar-refractivity contribution in [3.05, 3.63) is 29.8 Å². The van der Waals surface area contributed by atoms with Crippen molar-refractivity contribution in [2.75, 3.05) is 18.0 Å². The van der Waals surface area contributed by atoms with Crippen LogP contribution in [-0.2, 0) is 0 Å². The smallest absolute Gasteiger partial charge is 0.363 e. The Balaban J connectivity index is 2.85. The van der Waals surface area contributed by atoms with Gasteiger partial charge in [0.2, 0.25) is 0 Å². The summed E-state index contributed by atoms with van der Waals surface area (Å²) in [6, 6.07) is 6.99. The molecule has 19 heavy (non-hydrogen) atoms. The topological polar surface area (TPSA) is 29.3 Å². The normalized spacial score (nSPS) is 13.4. The van der Waals surface area contributed by atoms with E-state index < -0.39 is 12.7 Å². The SMILES string of the molecule is CCCN(CC(F)(F)F)c1ccc(C(N)CC)cc1. The highest BCUT2D eigenvalue weighted by atomic mass is 19.4. The van der Waals surface area contributed by atoms with E-state index in [4.69, 9.17) is 5.73 Å². The van der Waals surface area contributed by atoms with Crippen LogP contribution >= 0.6 is 0 Å². The minimum atomic E-state index is -4.19. The van der Waals surface area contributed by atoms with Gasteiger partial charge >= 0.3 is 6.18 Å². The summed E-state index contributed by atoms with van der Waals surface area (Å²) in [6.45, 7) is 3.31. The van der Waals surface area contributed by atoms with E-state index in [9.17, 15) is 13.2 Å². The average molecular weight is 274 g/mol. The van der Waals surface area contributed by atoms with Gasteiger partial charge in [-0.25, -0.2) is 0 Å². The number of benzene rings is 1. The largest absolute Gasteiger partial charge is 0.405 e. The molecule has 2 nitrogen and oxygen atoms in total. The Morgan fingerprint density at radius 2 is 1.74 bits per heavy atom. The Bertz CT molecular complexity index is 373. The number of halogens is 3. The highest BCUT2D eigenvalue weighted by Gasteiger charge is 2.30. The van der Waals surface area contributed by atoms with Gasteiger partial charge in [0.25, 0.3) is 0 Å². The second kappa shape index (κ2) is 6.80. The van der Waals surface area contributed by atoms with Gasteiger partial charge < -0.3 is 10.6 Å². The summed E-state index contributed by atoms with van der Waals surface area (Å²) >= 11 is 0. The molecule has 0 amide bonds. The molecule has 0 spiro atoms. The van der Waals surface area contributed by atoms with E-state index in [1.165, 1.54) is 4.90 Å². The number of nitrogens with zero attached hydrogens (tertiary/aromatic N) is 1. The van der Waals surface area contributed by atoms with Crippen LogP contribution in [0.3, 0.4) is 0 Å². The number of alkyl halides is 3. The molecular weight excluding hydrogens is 253 g/mol. The fraction of sp³-hybridized carbons (Fsp3) is 0.571. The first-order valence-corrected chi connectivity index (χ1v) is 6.54. The van der Waals surface area contributed by atoms with Gasteiger partial charge in [0, 0.05) is 18.3 Å². The molecule has 1 aromatic carbocycles. The summed E-state index contributed by atoms with van der Waals surface area (Å²) < 4.78 is 37.5. The first-order chi connectivity index (χ1) is 8.87. The first kappa shape index (κ1) is 15.8. The lowest BCUT2D eigenvalue weighted by molar-refractivity contribution is -0.119. The van der Waals surface area contributed by atoms with Gasteiger partial charge in [-0.05, 0) is 30.5 Å². The third-order valence-electron chi connectivity index (χ3n) is 2.99. The molecule has 108 valence electrons. The van der Waals surface area contributed by atoms with E-state index in [0.717, 1.165) is 12.0 Å². The number of hydrogen-bond donors (Lipinski definition) is 1. The second-order valence-electron chi connectivity index (χ2n) is 4.64. The van der Waals surface area contributed by atoms with E-state index in [0.29, 0.717) is 18.7 Å². The van der Waals surface area contributed by atoms with Crippen LogP contribution in [0.15, 0.2) is 24.3 Å². The summed E-state index contributed by atoms with van der Waals surface area (Å²) in [4.78, 5) is 1.35. The molecule has 1 rings (SSSR count). The molecule has 2 N–H and O–H groups in total. The van der Waals surface area contributed by atoms with Crippen LogP contribution in [0, 0.1) is 0 Å². The number of anilines is 1. The zero-order valence-corrected chi connectivity index (χ0v) is 11.4. The lowest BCUT2D eigenvalue weighted by atomic mass is 10.1. The molecule has 0 heterocycles. The molecule has 0 fully saturated rings. The van der Waals surface area contributed by atoms with Gasteiger partial charge in [-0.2, -0.15) is 13.2 Å². The molecule has 0 bridgehead atoms. The van der Waals surface area contributed by atoms with Crippen LogP contribution in [0.2, 0.25) is 0 Å². The van der Waals surface area contributed by atoms with E-state index in [-0.39, 0.29) is 6.04 Å². The quantitative estimate of drug-likeness (QED) is 0.853. The van der Waals surface area contributed by atoms with E-state index in [1.807, 2.05) is 26.0 Å². The van der Waals surface area contributed by atoms with Crippen LogP contribution < -0.4 is 10.6 Å². The highest BCUT2D eigenvalue weighted by molar-refractivity contribution is 5.48. The van der Waals surface area contributed by atoms with Gasteiger partial charge in [0.05, 0.1) is 0 Å². The Morgan fingerprint density at radius 1 is 1.16 bits per heavy atom. The van der Waals surface area contributed by atoms with Gasteiger partial charge in [0.1, 0.15) is 6.54 Å². The Hall–Kier alpha value is -1.23. The summed E-state index contributed by atoms with van der Waals surface area (Å²) in [5.74, 6) is 0. The van der Waals surface area contributed by atoms with Gasteiger partial charge in [-0.15, -0.1) is 0 Å². The maximum Gasteiger partial charge on any atom is 0.405 e. The second-order valence-corrected chi connectivity index (χ2v) is 4.64. The zero-order chi connectivity index (χ0) is 14.5. The molecule has 0 radical (unpaired) electrons. The van der Waals surface area contributed by atoms with E-state index in [2.05, 4.69) is 0 Å². The lowest BCUT2D eigenvalue weighted by Crippen LogP contribution is -2.34. The average Bonchev–Trinajstić information content (AvgIpc) is 2.36. The number of rotatable bonds is 6. The minimum absolute atomic E-state index is 0.0590. The molecular formula is C14H21F3N2. The molecule has 0 aliphatic heterocycles. The maximum atomic E-state index is 12.5. The van der Waals surface area contributed by atoms with Crippen molar-refractivity contribution >= 4 is 5.69 Å². The molecule has 1 unspecified atom stereocenters. The maximum absolute atomic E-state index is 12.5. The number of nitrogens with two attached hydrogens (primary N) is 1. The van der Waals surface area contributed by atoms with Crippen LogP contribution in [0.4, 0.5) is 18.9 Å². The molecule has 0 aliphatic carbocycles. The summed E-state index contributed by atoms with van der Waals surface area (Å²) in [6.07, 6.45) is -2.71. The third kappa shape index (κ3) is 5.11. The van der Waals surface area contributed by atoms with Crippen molar-refractivity contribution in [1.82, 2.24) is 0 Å². The van der Waals surface area contributed by atoms with Crippen molar-refractivity contribution in [2.24, 2.45) is 5.73 Å². The molecule has 1 atom stereocenters. The Kier molecular flexibility index (Phi) is 5.66. The Labute approximate surface area is 112 Å². The highest BCUT2D eigenvalue weighted by Crippen LogP contribution is 2.24. The van der Waals surface area contributed by atoms with Crippen molar-refractivity contribution in [3.63, 3.8) is 0 Å². The summed E-state index contributed by atoms with van der Waals surface area (Å²) in [5.41, 5.74) is 7.43. The van der Waals surface area contributed by atoms with Gasteiger partial charge in [0.15, 0.2) is 0 Å². The van der Waals surface area contributed by atoms with Crippen LogP contribution in [-0.4, -0.2) is 19.3 Å². The molecule has 0 aromatic heterocycles. The van der Waals surface area contributed by atoms with Crippen LogP contribution in [0.25, 0.3) is 0 Å². The van der Waals surface area contributed by atoms with E-state index >= 15 is 0 Å². The van der Waals surface area contributed by atoms with Crippen molar-refractivity contribution in [1.29, 1.82) is 0 Å². The zero-order valence-electron chi connectivity index (χ0n) is 11.4. The van der Waals surface area contributed by atoms with Gasteiger partial charge in [-0.3, -0.25) is 0 Å². The predicted molar refractivity (Wildman–Crippen MR) is 72.2 cm³/mol. The number of hydrogen-bond acceptors (Lipinski definition) is 2. The molecule has 0 saturated heterocycles. The lowest BCUT2D eigenvalue weighted by Gasteiger charge is -2.26. The molecule has 0 aliphatic rings. The van der Waals surface area contributed by atoms with E-state index in [1.54, 1.807) is 12.1 Å². The predicted octanol–water partition coefficient (Wildman–Crippen LogP) is 3.88. The standard InChI is InChI=1S/C14H21F3N2/c1-3-9-19(10-14(15,16)17)12-7-5-11(6-8-12)13(18)4-2/h5-8,13H,3-4,9-10,18H2,1-2H3. The van der Waals surface area contributed by atoms with Crippen molar-refractivity contribution in [3.8, 4) is 0 Å². The fourth-order valence-electron chi connectivity index (χ4n) is 1.95. The van der Waals surface area contributed by atoms with Crippen LogP contribution in [0.1, 0.15) is 38.3 Å². The van der Waals surface area contributed by atoms with Crippen molar-refractivity contribution < 1.29 is 13.2 Å². The Morgan fingerprint density at radius 3 is 2.16 bits per heavy atom. The van der Waals surface area contributed by atoms with Gasteiger partial charge in [-0.1, -0.05) is 26.0 Å². The third-order valence-corrected chi connectivity index (χ3v) is 2.99. The monoisotopic (exact) mass is 274 g/mol. The molecule has 5 heteroatoms. The minimum Gasteiger partial charge on any atom is -0.363 e. The first-order valence-electron chi connectivity index (χ1n) is 6.54. The molecule has 0 saturated carbocycles. The summed E-state index contributed by atoms with van der Waals surface area (Å²) in [5, 5.41) is 0. The van der Waals surface area contributed by atoms with Crippen molar-refractivity contribution in [2.45, 2.75) is 38.9 Å². The van der Waals surface area contributed by atoms with Crippen LogP contribution in [0.5, 0.6) is 0 Å². The summed E-state index contributed by atoms with van der Waals surface area (Å²) in [7, 11) is 0. The molecule has 1 aromatic rings.